The van der Waals surface area contributed by atoms with Crippen molar-refractivity contribution in [3.8, 4) is 5.75 Å². The van der Waals surface area contributed by atoms with Gasteiger partial charge in [-0.15, -0.1) is 11.8 Å². The fraction of sp³-hybridized carbons (Fsp3) is 0.464. The van der Waals surface area contributed by atoms with E-state index < -0.39 is 0 Å². The van der Waals surface area contributed by atoms with Crippen molar-refractivity contribution in [2.24, 2.45) is 0 Å². The lowest BCUT2D eigenvalue weighted by atomic mass is 10.1. The van der Waals surface area contributed by atoms with Crippen molar-refractivity contribution < 1.29 is 9.53 Å². The molecule has 2 nitrogen and oxygen atoms in total. The zero-order valence-corrected chi connectivity index (χ0v) is 20.1. The summed E-state index contributed by atoms with van der Waals surface area (Å²) in [5, 5.41) is 0. The monoisotopic (exact) mass is 438 g/mol. The van der Waals surface area contributed by atoms with Crippen LogP contribution in [0.25, 0.3) is 6.08 Å². The summed E-state index contributed by atoms with van der Waals surface area (Å²) in [6.45, 7) is 5.20. The fourth-order valence-electron chi connectivity index (χ4n) is 3.30. The van der Waals surface area contributed by atoms with Crippen molar-refractivity contribution in [3.63, 3.8) is 0 Å². The number of allylic oxidation sites excluding steroid dienone is 1. The molecule has 0 radical (unpaired) electrons. The number of hydrogen-bond acceptors (Lipinski definition) is 3. The lowest BCUT2D eigenvalue weighted by Crippen LogP contribution is -1.97. The van der Waals surface area contributed by atoms with Gasteiger partial charge in [0.25, 0.3) is 0 Å². The second-order valence-corrected chi connectivity index (χ2v) is 9.13. The number of ether oxygens (including phenoxy) is 1. The summed E-state index contributed by atoms with van der Waals surface area (Å²) in [4.78, 5) is 13.6. The molecule has 31 heavy (non-hydrogen) atoms. The molecule has 168 valence electrons. The highest BCUT2D eigenvalue weighted by atomic mass is 32.2. The Labute approximate surface area is 193 Å². The van der Waals surface area contributed by atoms with Crippen LogP contribution < -0.4 is 4.74 Å². The zero-order chi connectivity index (χ0) is 22.2. The minimum absolute atomic E-state index is 0.0297. The van der Waals surface area contributed by atoms with Crippen molar-refractivity contribution in [2.45, 2.75) is 76.5 Å². The molecular weight excluding hydrogens is 400 g/mol. The smallest absolute Gasteiger partial charge is 0.185 e. The minimum atomic E-state index is 0.0297. The average molecular weight is 439 g/mol. The van der Waals surface area contributed by atoms with Gasteiger partial charge >= 0.3 is 0 Å². The highest BCUT2D eigenvalue weighted by molar-refractivity contribution is 7.99. The summed E-state index contributed by atoms with van der Waals surface area (Å²) < 4.78 is 5.85. The molecule has 0 amide bonds. The van der Waals surface area contributed by atoms with Crippen LogP contribution in [-0.4, -0.2) is 18.1 Å². The molecule has 0 N–H and O–H groups in total. The van der Waals surface area contributed by atoms with Gasteiger partial charge in [-0.2, -0.15) is 0 Å². The van der Waals surface area contributed by atoms with Crippen LogP contribution in [-0.2, 0) is 0 Å². The number of carbonyl (C=O) groups is 1. The molecule has 0 aromatic heterocycles. The number of ketones is 1. The molecule has 0 saturated heterocycles. The summed E-state index contributed by atoms with van der Waals surface area (Å²) in [5.74, 6) is 2.03. The first-order valence-electron chi connectivity index (χ1n) is 11.9. The first-order valence-corrected chi connectivity index (χ1v) is 12.9. The van der Waals surface area contributed by atoms with Gasteiger partial charge < -0.3 is 4.74 Å². The van der Waals surface area contributed by atoms with Crippen LogP contribution in [0.2, 0.25) is 0 Å². The third kappa shape index (κ3) is 10.7. The van der Waals surface area contributed by atoms with Gasteiger partial charge in [0.05, 0.1) is 6.61 Å². The Hall–Kier alpha value is -2.00. The van der Waals surface area contributed by atoms with E-state index >= 15 is 0 Å². The molecule has 2 aromatic carbocycles. The van der Waals surface area contributed by atoms with Crippen LogP contribution in [0.15, 0.2) is 59.5 Å². The highest BCUT2D eigenvalue weighted by Crippen LogP contribution is 2.20. The molecule has 0 aliphatic carbocycles. The van der Waals surface area contributed by atoms with Gasteiger partial charge in [0.1, 0.15) is 5.75 Å². The highest BCUT2D eigenvalue weighted by Gasteiger charge is 2.02. The predicted molar refractivity (Wildman–Crippen MR) is 135 cm³/mol. The summed E-state index contributed by atoms with van der Waals surface area (Å²) in [6, 6.07) is 15.8. The van der Waals surface area contributed by atoms with Crippen molar-refractivity contribution in [1.29, 1.82) is 0 Å². The van der Waals surface area contributed by atoms with E-state index in [4.69, 9.17) is 4.74 Å². The maximum absolute atomic E-state index is 12.4. The quantitative estimate of drug-likeness (QED) is 0.114. The van der Waals surface area contributed by atoms with Crippen molar-refractivity contribution in [3.05, 3.63) is 65.7 Å². The van der Waals surface area contributed by atoms with Crippen molar-refractivity contribution in [2.75, 3.05) is 12.4 Å². The van der Waals surface area contributed by atoms with E-state index in [1.54, 1.807) is 6.08 Å². The third-order valence-electron chi connectivity index (χ3n) is 5.19. The number of benzene rings is 2. The molecule has 0 heterocycles. The van der Waals surface area contributed by atoms with Crippen LogP contribution >= 0.6 is 11.8 Å². The van der Waals surface area contributed by atoms with Crippen LogP contribution in [0.1, 0.15) is 87.6 Å². The third-order valence-corrected chi connectivity index (χ3v) is 6.40. The Morgan fingerprint density at radius 2 is 1.45 bits per heavy atom. The summed E-state index contributed by atoms with van der Waals surface area (Å²) in [7, 11) is 0. The van der Waals surface area contributed by atoms with E-state index in [1.807, 2.05) is 66.4 Å². The second kappa shape index (κ2) is 15.8. The Kier molecular flexibility index (Phi) is 12.8. The van der Waals surface area contributed by atoms with E-state index in [0.717, 1.165) is 42.1 Å². The normalized spacial score (nSPS) is 11.2. The topological polar surface area (TPSA) is 26.3 Å². The van der Waals surface area contributed by atoms with Crippen LogP contribution in [0.4, 0.5) is 0 Å². The van der Waals surface area contributed by atoms with Gasteiger partial charge in [0, 0.05) is 10.5 Å². The summed E-state index contributed by atoms with van der Waals surface area (Å²) in [6.07, 6.45) is 15.1. The molecule has 0 aliphatic heterocycles. The van der Waals surface area contributed by atoms with E-state index in [1.165, 1.54) is 49.8 Å². The molecule has 2 rings (SSSR count). The molecule has 0 atom stereocenters. The molecule has 0 unspecified atom stereocenters. The summed E-state index contributed by atoms with van der Waals surface area (Å²) >= 11 is 1.82. The van der Waals surface area contributed by atoms with Gasteiger partial charge in [-0.3, -0.25) is 4.79 Å². The Morgan fingerprint density at radius 3 is 2.10 bits per heavy atom. The lowest BCUT2D eigenvalue weighted by molar-refractivity contribution is 0.104. The number of hydrogen-bond donors (Lipinski definition) is 0. The lowest BCUT2D eigenvalue weighted by Gasteiger charge is -2.06. The maximum Gasteiger partial charge on any atom is 0.185 e. The molecule has 0 spiro atoms. The van der Waals surface area contributed by atoms with Crippen molar-refractivity contribution in [1.82, 2.24) is 0 Å². The van der Waals surface area contributed by atoms with Crippen LogP contribution in [0.5, 0.6) is 5.75 Å². The average Bonchev–Trinajstić information content (AvgIpc) is 2.81. The van der Waals surface area contributed by atoms with E-state index in [2.05, 4.69) is 13.8 Å². The van der Waals surface area contributed by atoms with E-state index in [-0.39, 0.29) is 5.78 Å². The Morgan fingerprint density at radius 1 is 0.806 bits per heavy atom. The number of thioether (sulfide) groups is 1. The van der Waals surface area contributed by atoms with E-state index in [9.17, 15) is 4.79 Å². The Bertz CT molecular complexity index is 763. The fourth-order valence-corrected chi connectivity index (χ4v) is 4.07. The Balaban J connectivity index is 1.68. The molecule has 0 bridgehead atoms. The van der Waals surface area contributed by atoms with Gasteiger partial charge in [-0.05, 0) is 66.6 Å². The molecule has 2 aromatic rings. The van der Waals surface area contributed by atoms with Crippen molar-refractivity contribution >= 4 is 23.6 Å². The SMILES string of the molecule is CCCCCCCCCCOc1ccc(C=CC(=O)c2ccc(SCCC)cc2)cc1. The number of unbranched alkanes of at least 4 members (excludes halogenated alkanes) is 7. The van der Waals surface area contributed by atoms with Gasteiger partial charge in [-0.25, -0.2) is 0 Å². The molecule has 3 heteroatoms. The standard InChI is InChI=1S/C28H38O2S/c1-3-5-6-7-8-9-10-11-22-30-26-17-12-24(13-18-26)14-21-28(29)25-15-19-27(20-16-25)31-23-4-2/h12-21H,3-11,22-23H2,1-2H3. The maximum atomic E-state index is 12.4. The number of carbonyl (C=O) groups excluding carboxylic acids is 1. The molecule has 0 fully saturated rings. The zero-order valence-electron chi connectivity index (χ0n) is 19.3. The molecule has 0 aliphatic rings. The van der Waals surface area contributed by atoms with Gasteiger partial charge in [0.15, 0.2) is 5.78 Å². The van der Waals surface area contributed by atoms with Crippen LogP contribution in [0.3, 0.4) is 0 Å². The molecular formula is C28H38O2S. The summed E-state index contributed by atoms with van der Waals surface area (Å²) in [5.41, 5.74) is 1.73. The predicted octanol–water partition coefficient (Wildman–Crippen LogP) is 8.60. The van der Waals surface area contributed by atoms with E-state index in [0.29, 0.717) is 0 Å². The minimum Gasteiger partial charge on any atom is -0.494 e. The second-order valence-electron chi connectivity index (χ2n) is 7.96. The first kappa shape index (κ1) is 25.3. The molecule has 0 saturated carbocycles. The van der Waals surface area contributed by atoms with Gasteiger partial charge in [-0.1, -0.05) is 77.0 Å². The van der Waals surface area contributed by atoms with Gasteiger partial charge in [0.2, 0.25) is 0 Å². The van der Waals surface area contributed by atoms with Crippen LogP contribution in [0, 0.1) is 0 Å². The number of rotatable bonds is 16. The first-order chi connectivity index (χ1) is 15.2. The largest absolute Gasteiger partial charge is 0.494 e.